The molecule has 11 heteroatoms. The highest BCUT2D eigenvalue weighted by Crippen LogP contribution is 2.33. The molecule has 40 heavy (non-hydrogen) atoms. The Morgan fingerprint density at radius 2 is 1.85 bits per heavy atom. The van der Waals surface area contributed by atoms with Gasteiger partial charge in [-0.3, -0.25) is 14.6 Å². The number of thioether (sulfide) groups is 1. The average molecular weight is 557 g/mol. The number of hydrogen-bond donors (Lipinski definition) is 2. The van der Waals surface area contributed by atoms with E-state index in [1.54, 1.807) is 44.3 Å². The Kier molecular flexibility index (Phi) is 8.40. The zero-order chi connectivity index (χ0) is 28.1. The molecule has 1 atom stereocenters. The third-order valence-corrected chi connectivity index (χ3v) is 8.12. The molecule has 4 heterocycles. The van der Waals surface area contributed by atoms with Crippen LogP contribution in [0.5, 0.6) is 0 Å². The van der Waals surface area contributed by atoms with Crippen LogP contribution in [0.4, 0.5) is 11.6 Å². The molecule has 1 aromatic carbocycles. The lowest BCUT2D eigenvalue weighted by Gasteiger charge is -2.34. The fourth-order valence-corrected chi connectivity index (χ4v) is 5.59. The van der Waals surface area contributed by atoms with Gasteiger partial charge in [-0.15, -0.1) is 0 Å². The fraction of sp³-hybridized carbons (Fsp3) is 0.310. The number of benzene rings is 1. The fourth-order valence-electron chi connectivity index (χ4n) is 4.90. The summed E-state index contributed by atoms with van der Waals surface area (Å²) in [5, 5.41) is 7.08. The van der Waals surface area contributed by atoms with Crippen LogP contribution < -0.4 is 15.5 Å². The summed E-state index contributed by atoms with van der Waals surface area (Å²) in [5.41, 5.74) is 4.17. The molecule has 5 rings (SSSR count). The Labute approximate surface area is 237 Å². The van der Waals surface area contributed by atoms with Gasteiger partial charge in [0.2, 0.25) is 5.91 Å². The number of para-hydroxylation sites is 1. The number of hydrogen-bond acceptors (Lipinski definition) is 9. The Balaban J connectivity index is 1.28. The lowest BCUT2D eigenvalue weighted by Crippen LogP contribution is -2.48. The molecule has 0 radical (unpaired) electrons. The highest BCUT2D eigenvalue weighted by molar-refractivity contribution is 7.98. The second kappa shape index (κ2) is 12.3. The number of nitrogens with zero attached hydrogens (tertiary/aromatic N) is 6. The number of pyridine rings is 2. The van der Waals surface area contributed by atoms with Gasteiger partial charge in [-0.1, -0.05) is 18.2 Å². The van der Waals surface area contributed by atoms with Crippen LogP contribution in [0.2, 0.25) is 0 Å². The maximum atomic E-state index is 12.4. The zero-order valence-electron chi connectivity index (χ0n) is 22.8. The molecule has 4 aromatic rings. The van der Waals surface area contributed by atoms with Crippen molar-refractivity contribution in [2.24, 2.45) is 0 Å². The summed E-state index contributed by atoms with van der Waals surface area (Å²) in [4.78, 5) is 46.2. The summed E-state index contributed by atoms with van der Waals surface area (Å²) in [6.07, 6.45) is 7.13. The maximum absolute atomic E-state index is 12.4. The lowest BCUT2D eigenvalue weighted by molar-refractivity contribution is -0.129. The summed E-state index contributed by atoms with van der Waals surface area (Å²) >= 11 is 1.71. The first kappa shape index (κ1) is 27.3. The molecule has 1 fully saturated rings. The predicted octanol–water partition coefficient (Wildman–Crippen LogP) is 3.63. The van der Waals surface area contributed by atoms with E-state index in [9.17, 15) is 9.59 Å². The van der Waals surface area contributed by atoms with E-state index in [1.807, 2.05) is 41.4 Å². The van der Waals surface area contributed by atoms with E-state index < -0.39 is 0 Å². The minimum absolute atomic E-state index is 0.0824. The number of carbonyl (C=O) groups is 2. The molecule has 0 bridgehead atoms. The first-order valence-corrected chi connectivity index (χ1v) is 14.4. The van der Waals surface area contributed by atoms with E-state index >= 15 is 0 Å². The number of anilines is 2. The largest absolute Gasteiger partial charge is 0.368 e. The summed E-state index contributed by atoms with van der Waals surface area (Å²) in [6, 6.07) is 13.6. The molecule has 1 aliphatic heterocycles. The highest BCUT2D eigenvalue weighted by atomic mass is 32.2. The van der Waals surface area contributed by atoms with Crippen LogP contribution in [0.3, 0.4) is 0 Å². The van der Waals surface area contributed by atoms with Gasteiger partial charge >= 0.3 is 0 Å². The smallest absolute Gasteiger partial charge is 0.251 e. The molecule has 2 amide bonds. The van der Waals surface area contributed by atoms with Crippen molar-refractivity contribution in [3.8, 4) is 11.3 Å². The van der Waals surface area contributed by atoms with Crippen LogP contribution in [-0.2, 0) is 4.79 Å². The first-order chi connectivity index (χ1) is 19.5. The molecule has 0 spiro atoms. The maximum Gasteiger partial charge on any atom is 0.251 e. The van der Waals surface area contributed by atoms with Gasteiger partial charge in [-0.25, -0.2) is 15.0 Å². The van der Waals surface area contributed by atoms with E-state index in [4.69, 9.17) is 0 Å². The number of aromatic nitrogens is 4. The van der Waals surface area contributed by atoms with Gasteiger partial charge in [0.25, 0.3) is 5.91 Å². The molecule has 0 aliphatic carbocycles. The van der Waals surface area contributed by atoms with Crippen LogP contribution in [0.1, 0.15) is 28.1 Å². The third kappa shape index (κ3) is 5.84. The standard InChI is InChI=1S/C29H32N8O2S/c1-19(38)36-11-13-37(14-12-36)27-8-7-20(16-33-27)24-15-26(35-18-34-24)32-17-25(40-3)23-6-4-5-21-22(29(39)30-2)9-10-31-28(21)23/h4-10,15-16,18,25H,11-14,17H2,1-3H3,(H,30,39)(H,32,34,35). The summed E-state index contributed by atoms with van der Waals surface area (Å²) in [7, 11) is 1.63. The number of amides is 2. The van der Waals surface area contributed by atoms with E-state index in [1.165, 1.54) is 0 Å². The molecule has 1 unspecified atom stereocenters. The molecule has 10 nitrogen and oxygen atoms in total. The summed E-state index contributed by atoms with van der Waals surface area (Å²) in [5.74, 6) is 1.59. The number of fused-ring (bicyclic) bond motifs is 1. The Morgan fingerprint density at radius 1 is 1.02 bits per heavy atom. The van der Waals surface area contributed by atoms with Gasteiger partial charge in [0, 0.05) is 81.4 Å². The van der Waals surface area contributed by atoms with Gasteiger partial charge in [0.15, 0.2) is 0 Å². The Hall–Kier alpha value is -4.25. The van der Waals surface area contributed by atoms with Crippen molar-refractivity contribution in [1.82, 2.24) is 30.2 Å². The predicted molar refractivity (Wildman–Crippen MR) is 160 cm³/mol. The van der Waals surface area contributed by atoms with Crippen LogP contribution in [0.25, 0.3) is 22.2 Å². The van der Waals surface area contributed by atoms with Gasteiger partial charge in [-0.05, 0) is 30.0 Å². The zero-order valence-corrected chi connectivity index (χ0v) is 23.6. The normalized spacial score (nSPS) is 14.2. The van der Waals surface area contributed by atoms with Crippen LogP contribution in [0, 0.1) is 0 Å². The molecule has 1 saturated heterocycles. The van der Waals surface area contributed by atoms with Crippen LogP contribution in [-0.4, -0.2) is 82.7 Å². The molecule has 206 valence electrons. The van der Waals surface area contributed by atoms with E-state index in [0.29, 0.717) is 31.0 Å². The highest BCUT2D eigenvalue weighted by Gasteiger charge is 2.20. The number of carbonyl (C=O) groups excluding carboxylic acids is 2. The van der Waals surface area contributed by atoms with E-state index in [0.717, 1.165) is 46.6 Å². The monoisotopic (exact) mass is 556 g/mol. The Morgan fingerprint density at radius 3 is 2.55 bits per heavy atom. The number of rotatable bonds is 8. The van der Waals surface area contributed by atoms with Crippen molar-refractivity contribution < 1.29 is 9.59 Å². The minimum atomic E-state index is -0.130. The molecular formula is C29H32N8O2S. The SMILES string of the molecule is CNC(=O)c1ccnc2c(C(CNc3cc(-c4ccc(N5CCN(C(C)=O)CC5)nc4)ncn3)SC)cccc12. The van der Waals surface area contributed by atoms with Crippen molar-refractivity contribution in [1.29, 1.82) is 0 Å². The van der Waals surface area contributed by atoms with Crippen molar-refractivity contribution in [3.63, 3.8) is 0 Å². The molecule has 1 aliphatic rings. The topological polar surface area (TPSA) is 116 Å². The lowest BCUT2D eigenvalue weighted by atomic mass is 10.0. The third-order valence-electron chi connectivity index (χ3n) is 7.13. The molecule has 2 N–H and O–H groups in total. The summed E-state index contributed by atoms with van der Waals surface area (Å²) in [6.45, 7) is 5.18. The summed E-state index contributed by atoms with van der Waals surface area (Å²) < 4.78 is 0. The number of piperazine rings is 1. The first-order valence-electron chi connectivity index (χ1n) is 13.1. The van der Waals surface area contributed by atoms with E-state index in [2.05, 4.69) is 47.8 Å². The van der Waals surface area contributed by atoms with Gasteiger partial charge < -0.3 is 20.4 Å². The molecule has 3 aromatic heterocycles. The van der Waals surface area contributed by atoms with E-state index in [-0.39, 0.29) is 17.1 Å². The number of nitrogens with one attached hydrogen (secondary N) is 2. The second-order valence-corrected chi connectivity index (χ2v) is 10.5. The van der Waals surface area contributed by atoms with Gasteiger partial charge in [0.05, 0.1) is 16.8 Å². The van der Waals surface area contributed by atoms with Crippen molar-refractivity contribution >= 4 is 46.1 Å². The quantitative estimate of drug-likeness (QED) is 0.336. The second-order valence-electron chi connectivity index (χ2n) is 9.47. The van der Waals surface area contributed by atoms with Crippen molar-refractivity contribution in [3.05, 3.63) is 72.3 Å². The van der Waals surface area contributed by atoms with Gasteiger partial charge in [-0.2, -0.15) is 11.8 Å². The average Bonchev–Trinajstić information content (AvgIpc) is 3.01. The Bertz CT molecular complexity index is 1510. The van der Waals surface area contributed by atoms with Crippen molar-refractivity contribution in [2.45, 2.75) is 12.2 Å². The molecule has 0 saturated carbocycles. The van der Waals surface area contributed by atoms with Crippen molar-refractivity contribution in [2.75, 3.05) is 56.2 Å². The molecular weight excluding hydrogens is 524 g/mol. The minimum Gasteiger partial charge on any atom is -0.368 e. The van der Waals surface area contributed by atoms with Crippen LogP contribution in [0.15, 0.2) is 61.2 Å². The van der Waals surface area contributed by atoms with Crippen LogP contribution >= 0.6 is 11.8 Å². The van der Waals surface area contributed by atoms with Gasteiger partial charge in [0.1, 0.15) is 18.0 Å².